The number of unbranched alkanes of at least 4 members (excludes halogenated alkanes) is 8. The Bertz CT molecular complexity index is 674. The molecule has 0 saturated heterocycles. The van der Waals surface area contributed by atoms with E-state index in [4.69, 9.17) is 20.4 Å². The molecule has 0 aliphatic rings. The van der Waals surface area contributed by atoms with Crippen molar-refractivity contribution in [3.05, 3.63) is 0 Å². The molecule has 0 unspecified atom stereocenters. The Morgan fingerprint density at radius 2 is 0.846 bits per heavy atom. The quantitative estimate of drug-likeness (QED) is 0.115. The van der Waals surface area contributed by atoms with Crippen LogP contribution in [0.1, 0.15) is 84.5 Å². The highest BCUT2D eigenvalue weighted by Gasteiger charge is 2.20. The molecule has 0 aliphatic carbocycles. The molecule has 1 amide bonds. The molecule has 0 atom stereocenters. The maximum atomic E-state index is 13.0. The molecular weight excluding hydrogens is 510 g/mol. The topological polar surface area (TPSA) is 176 Å². The van der Waals surface area contributed by atoms with Gasteiger partial charge >= 0.3 is 23.9 Å². The molecule has 0 aromatic carbocycles. The van der Waals surface area contributed by atoms with Crippen LogP contribution in [0.15, 0.2) is 0 Å². The molecule has 0 heterocycles. The molecule has 0 saturated carbocycles. The highest BCUT2D eigenvalue weighted by molar-refractivity contribution is 5.76. The largest absolute Gasteiger partial charge is 0.480 e. The minimum atomic E-state index is -1.20. The first kappa shape index (κ1) is 36.3. The normalized spacial score (nSPS) is 11.3. The summed E-state index contributed by atoms with van der Waals surface area (Å²) in [5.41, 5.74) is 0. The van der Waals surface area contributed by atoms with Crippen LogP contribution in [-0.4, -0.2) is 117 Å². The van der Waals surface area contributed by atoms with Crippen LogP contribution < -0.4 is 0 Å². The molecule has 39 heavy (non-hydrogen) atoms. The van der Waals surface area contributed by atoms with Crippen molar-refractivity contribution >= 4 is 29.8 Å². The van der Waals surface area contributed by atoms with Crippen molar-refractivity contribution in [2.24, 2.45) is 5.92 Å². The summed E-state index contributed by atoms with van der Waals surface area (Å²) in [5.74, 6) is -4.24. The van der Waals surface area contributed by atoms with Crippen LogP contribution in [0.5, 0.6) is 0 Å². The van der Waals surface area contributed by atoms with Crippen LogP contribution in [-0.2, 0) is 24.0 Å². The Hall–Kier alpha value is -2.73. The summed E-state index contributed by atoms with van der Waals surface area (Å²) >= 11 is 0. The van der Waals surface area contributed by atoms with E-state index in [1.165, 1.54) is 53.2 Å². The third-order valence-electron chi connectivity index (χ3n) is 6.33. The zero-order valence-corrected chi connectivity index (χ0v) is 23.7. The molecule has 12 nitrogen and oxygen atoms in total. The van der Waals surface area contributed by atoms with Gasteiger partial charge in [-0.1, -0.05) is 71.6 Å². The molecule has 0 spiro atoms. The Labute approximate surface area is 231 Å². The maximum Gasteiger partial charge on any atom is 0.317 e. The fourth-order valence-corrected chi connectivity index (χ4v) is 4.30. The number of carboxylic acids is 4. The molecule has 226 valence electrons. The molecule has 0 bridgehead atoms. The monoisotopic (exact) mass is 559 g/mol. The highest BCUT2D eigenvalue weighted by atomic mass is 16.4. The first-order chi connectivity index (χ1) is 18.4. The Morgan fingerprint density at radius 1 is 0.513 bits per heavy atom. The number of nitrogens with zero attached hydrogens (tertiary/aromatic N) is 3. The number of carbonyl (C=O) groups excluding carboxylic acids is 1. The summed E-state index contributed by atoms with van der Waals surface area (Å²) in [7, 11) is 0. The third-order valence-corrected chi connectivity index (χ3v) is 6.33. The van der Waals surface area contributed by atoms with Gasteiger partial charge in [-0.2, -0.15) is 0 Å². The van der Waals surface area contributed by atoms with Crippen molar-refractivity contribution in [1.29, 1.82) is 0 Å². The lowest BCUT2D eigenvalue weighted by atomic mass is 10.0. The van der Waals surface area contributed by atoms with E-state index in [0.29, 0.717) is 6.42 Å². The van der Waals surface area contributed by atoms with Gasteiger partial charge in [0.05, 0.1) is 26.2 Å². The van der Waals surface area contributed by atoms with Gasteiger partial charge in [-0.3, -0.25) is 33.8 Å². The summed E-state index contributed by atoms with van der Waals surface area (Å²) in [6, 6.07) is 0. The first-order valence-electron chi connectivity index (χ1n) is 14.0. The SMILES string of the molecule is CC(C)CCCCCCCCCCCC(=O)N(CCN(CC(=O)O)CC(=O)O)CCN(CC(=O)O)CC(=O)O. The summed E-state index contributed by atoms with van der Waals surface area (Å²) in [5, 5.41) is 36.2. The lowest BCUT2D eigenvalue weighted by Crippen LogP contribution is -2.46. The number of carboxylic acid groups (broad SMARTS) is 4. The van der Waals surface area contributed by atoms with Crippen LogP contribution in [0.3, 0.4) is 0 Å². The van der Waals surface area contributed by atoms with Crippen LogP contribution in [0.2, 0.25) is 0 Å². The summed E-state index contributed by atoms with van der Waals surface area (Å²) < 4.78 is 0. The van der Waals surface area contributed by atoms with Crippen LogP contribution in [0, 0.1) is 5.92 Å². The molecule has 0 aromatic heterocycles. The van der Waals surface area contributed by atoms with Gasteiger partial charge in [0, 0.05) is 32.6 Å². The van der Waals surface area contributed by atoms with Crippen molar-refractivity contribution in [3.63, 3.8) is 0 Å². The number of rotatable bonds is 26. The van der Waals surface area contributed by atoms with Crippen LogP contribution >= 0.6 is 0 Å². The second-order valence-electron chi connectivity index (χ2n) is 10.5. The highest BCUT2D eigenvalue weighted by Crippen LogP contribution is 2.14. The maximum absolute atomic E-state index is 13.0. The molecule has 12 heteroatoms. The summed E-state index contributed by atoms with van der Waals surface area (Å²) in [6.07, 6.45) is 11.4. The van der Waals surface area contributed by atoms with Gasteiger partial charge in [-0.05, 0) is 12.3 Å². The number of hydrogen-bond donors (Lipinski definition) is 4. The Balaban J connectivity index is 4.78. The molecule has 0 aliphatic heterocycles. The fraction of sp³-hybridized carbons (Fsp3) is 0.815. The van der Waals surface area contributed by atoms with Crippen LogP contribution in [0.25, 0.3) is 0 Å². The van der Waals surface area contributed by atoms with E-state index in [0.717, 1.165) is 25.2 Å². The van der Waals surface area contributed by atoms with Crippen molar-refractivity contribution < 1.29 is 44.4 Å². The number of carbonyl (C=O) groups is 5. The van der Waals surface area contributed by atoms with Gasteiger partial charge in [0.2, 0.25) is 5.91 Å². The van der Waals surface area contributed by atoms with E-state index < -0.39 is 50.1 Å². The van der Waals surface area contributed by atoms with Gasteiger partial charge in [0.25, 0.3) is 0 Å². The minimum absolute atomic E-state index is 0.000626. The van der Waals surface area contributed by atoms with Gasteiger partial charge in [0.15, 0.2) is 0 Å². The van der Waals surface area contributed by atoms with Crippen LogP contribution in [0.4, 0.5) is 0 Å². The second kappa shape index (κ2) is 22.1. The van der Waals surface area contributed by atoms with Gasteiger partial charge in [-0.15, -0.1) is 0 Å². The van der Waals surface area contributed by atoms with E-state index in [1.54, 1.807) is 0 Å². The van der Waals surface area contributed by atoms with E-state index in [-0.39, 0.29) is 38.5 Å². The number of hydrogen-bond acceptors (Lipinski definition) is 7. The van der Waals surface area contributed by atoms with E-state index in [2.05, 4.69) is 13.8 Å². The lowest BCUT2D eigenvalue weighted by Gasteiger charge is -2.28. The first-order valence-corrected chi connectivity index (χ1v) is 14.0. The van der Waals surface area contributed by atoms with Gasteiger partial charge in [-0.25, -0.2) is 0 Å². The second-order valence-corrected chi connectivity index (χ2v) is 10.5. The van der Waals surface area contributed by atoms with Crippen molar-refractivity contribution in [2.75, 3.05) is 52.4 Å². The predicted molar refractivity (Wildman–Crippen MR) is 146 cm³/mol. The number of aliphatic carboxylic acids is 4. The average Bonchev–Trinajstić information content (AvgIpc) is 2.80. The summed E-state index contributed by atoms with van der Waals surface area (Å²) in [6.45, 7) is 2.56. The Morgan fingerprint density at radius 3 is 1.18 bits per heavy atom. The lowest BCUT2D eigenvalue weighted by molar-refractivity contribution is -0.143. The van der Waals surface area contributed by atoms with Crippen molar-refractivity contribution in [1.82, 2.24) is 14.7 Å². The van der Waals surface area contributed by atoms with Gasteiger partial charge in [0.1, 0.15) is 0 Å². The standard InChI is InChI=1S/C27H49N3O9/c1-22(2)12-10-8-6-4-3-5-7-9-11-13-23(31)30(16-14-28(18-24(32)33)19-25(34)35)17-15-29(20-26(36)37)21-27(38)39/h22H,3-21H2,1-2H3,(H,32,33)(H,34,35)(H,36,37)(H,38,39). The Kier molecular flexibility index (Phi) is 20.6. The van der Waals surface area contributed by atoms with Crippen molar-refractivity contribution in [3.8, 4) is 0 Å². The minimum Gasteiger partial charge on any atom is -0.480 e. The predicted octanol–water partition coefficient (Wildman–Crippen LogP) is 2.70. The number of amides is 1. The summed E-state index contributed by atoms with van der Waals surface area (Å²) in [4.78, 5) is 61.2. The average molecular weight is 560 g/mol. The van der Waals surface area contributed by atoms with E-state index in [9.17, 15) is 24.0 Å². The smallest absolute Gasteiger partial charge is 0.317 e. The van der Waals surface area contributed by atoms with Crippen molar-refractivity contribution in [2.45, 2.75) is 84.5 Å². The zero-order valence-electron chi connectivity index (χ0n) is 23.7. The molecule has 0 aromatic rings. The van der Waals surface area contributed by atoms with E-state index in [1.807, 2.05) is 0 Å². The third kappa shape index (κ3) is 22.9. The zero-order chi connectivity index (χ0) is 29.6. The fourth-order valence-electron chi connectivity index (χ4n) is 4.30. The molecule has 4 N–H and O–H groups in total. The molecule has 0 fully saturated rings. The molecular formula is C27H49N3O9. The molecule has 0 radical (unpaired) electrons. The van der Waals surface area contributed by atoms with Gasteiger partial charge < -0.3 is 25.3 Å². The van der Waals surface area contributed by atoms with E-state index >= 15 is 0 Å². The molecule has 0 rings (SSSR count).